The van der Waals surface area contributed by atoms with Crippen molar-refractivity contribution in [1.82, 2.24) is 4.98 Å². The monoisotopic (exact) mass is 275 g/mol. The van der Waals surface area contributed by atoms with Gasteiger partial charge in [-0.1, -0.05) is 6.07 Å². The molecule has 1 aliphatic rings. The molecule has 0 bridgehead atoms. The summed E-state index contributed by atoms with van der Waals surface area (Å²) in [5.74, 6) is 0.859. The standard InChI is InChI=1S/C15H17NO2S/c1-18-13-3-2-11-4-5-15(17,9-12(11)8-13)10-14-16-6-7-19-14/h2-3,6-8,17H,4-5,9-10H2,1H3. The molecule has 3 rings (SSSR count). The van der Waals surface area contributed by atoms with E-state index in [0.29, 0.717) is 12.8 Å². The fourth-order valence-corrected chi connectivity index (χ4v) is 3.47. The zero-order valence-electron chi connectivity index (χ0n) is 10.9. The average molecular weight is 275 g/mol. The van der Waals surface area contributed by atoms with Gasteiger partial charge in [0.15, 0.2) is 0 Å². The summed E-state index contributed by atoms with van der Waals surface area (Å²) in [4.78, 5) is 4.28. The maximum atomic E-state index is 10.8. The lowest BCUT2D eigenvalue weighted by Crippen LogP contribution is -2.38. The molecule has 1 aromatic heterocycles. The van der Waals surface area contributed by atoms with Gasteiger partial charge in [0, 0.05) is 24.4 Å². The van der Waals surface area contributed by atoms with Gasteiger partial charge < -0.3 is 9.84 Å². The molecule has 1 atom stereocenters. The maximum Gasteiger partial charge on any atom is 0.119 e. The van der Waals surface area contributed by atoms with Gasteiger partial charge in [-0.25, -0.2) is 4.98 Å². The SMILES string of the molecule is COc1ccc2c(c1)CC(O)(Cc1nccs1)CC2. The van der Waals surface area contributed by atoms with Gasteiger partial charge >= 0.3 is 0 Å². The number of hydrogen-bond acceptors (Lipinski definition) is 4. The Hall–Kier alpha value is -1.39. The Morgan fingerprint density at radius 1 is 1.42 bits per heavy atom. The molecule has 2 aromatic rings. The smallest absolute Gasteiger partial charge is 0.119 e. The Bertz CT molecular complexity index is 568. The molecule has 1 aliphatic carbocycles. The predicted octanol–water partition coefficient (Wildman–Crippen LogP) is 2.61. The van der Waals surface area contributed by atoms with Gasteiger partial charge in [-0.15, -0.1) is 11.3 Å². The van der Waals surface area contributed by atoms with E-state index in [2.05, 4.69) is 11.1 Å². The van der Waals surface area contributed by atoms with Gasteiger partial charge in [0.2, 0.25) is 0 Å². The van der Waals surface area contributed by atoms with Gasteiger partial charge in [0.25, 0.3) is 0 Å². The van der Waals surface area contributed by atoms with Crippen molar-refractivity contribution in [3.05, 3.63) is 45.9 Å². The summed E-state index contributed by atoms with van der Waals surface area (Å²) in [6, 6.07) is 6.14. The molecule has 0 amide bonds. The Kier molecular flexibility index (Phi) is 3.29. The molecule has 3 nitrogen and oxygen atoms in total. The Morgan fingerprint density at radius 2 is 2.32 bits per heavy atom. The highest BCUT2D eigenvalue weighted by atomic mass is 32.1. The topological polar surface area (TPSA) is 42.4 Å². The van der Waals surface area contributed by atoms with Crippen LogP contribution in [0.3, 0.4) is 0 Å². The third-order valence-corrected chi connectivity index (χ3v) is 4.54. The number of thiazole rings is 1. The molecule has 0 spiro atoms. The number of methoxy groups -OCH3 is 1. The second-order valence-corrected chi connectivity index (χ2v) is 6.12. The lowest BCUT2D eigenvalue weighted by Gasteiger charge is -2.33. The lowest BCUT2D eigenvalue weighted by molar-refractivity contribution is 0.0266. The molecule has 0 saturated heterocycles. The molecule has 1 unspecified atom stereocenters. The number of aryl methyl sites for hydroxylation is 1. The number of aromatic nitrogens is 1. The summed E-state index contributed by atoms with van der Waals surface area (Å²) in [7, 11) is 1.67. The van der Waals surface area contributed by atoms with Crippen molar-refractivity contribution in [3.63, 3.8) is 0 Å². The first kappa shape index (κ1) is 12.6. The van der Waals surface area contributed by atoms with E-state index in [0.717, 1.165) is 23.6 Å². The van der Waals surface area contributed by atoms with Gasteiger partial charge in [-0.05, 0) is 36.1 Å². The van der Waals surface area contributed by atoms with Crippen LogP contribution in [0.25, 0.3) is 0 Å². The fraction of sp³-hybridized carbons (Fsp3) is 0.400. The van der Waals surface area contributed by atoms with E-state index in [1.54, 1.807) is 24.6 Å². The van der Waals surface area contributed by atoms with Gasteiger partial charge in [-0.3, -0.25) is 0 Å². The van der Waals surface area contributed by atoms with Crippen molar-refractivity contribution in [3.8, 4) is 5.75 Å². The fourth-order valence-electron chi connectivity index (χ4n) is 2.72. The van der Waals surface area contributed by atoms with Crippen LogP contribution in [0, 0.1) is 0 Å². The predicted molar refractivity (Wildman–Crippen MR) is 75.8 cm³/mol. The van der Waals surface area contributed by atoms with Crippen molar-refractivity contribution in [1.29, 1.82) is 0 Å². The van der Waals surface area contributed by atoms with Crippen molar-refractivity contribution in [2.45, 2.75) is 31.3 Å². The molecule has 100 valence electrons. The zero-order valence-corrected chi connectivity index (χ0v) is 11.7. The summed E-state index contributed by atoms with van der Waals surface area (Å²) in [6.07, 6.45) is 4.83. The number of hydrogen-bond donors (Lipinski definition) is 1. The number of aliphatic hydroxyl groups is 1. The van der Waals surface area contributed by atoms with Crippen LogP contribution in [0.5, 0.6) is 5.75 Å². The molecule has 1 N–H and O–H groups in total. The van der Waals surface area contributed by atoms with E-state index < -0.39 is 5.60 Å². The van der Waals surface area contributed by atoms with Crippen molar-refractivity contribution in [2.75, 3.05) is 7.11 Å². The minimum Gasteiger partial charge on any atom is -0.497 e. The molecule has 19 heavy (non-hydrogen) atoms. The highest BCUT2D eigenvalue weighted by Crippen LogP contribution is 2.33. The normalized spacial score (nSPS) is 22.0. The minimum atomic E-state index is -0.669. The summed E-state index contributed by atoms with van der Waals surface area (Å²) in [5.41, 5.74) is 1.85. The van der Waals surface area contributed by atoms with Crippen molar-refractivity contribution in [2.24, 2.45) is 0 Å². The molecule has 0 aliphatic heterocycles. The number of benzene rings is 1. The number of rotatable bonds is 3. The molecule has 4 heteroatoms. The molecule has 1 aromatic carbocycles. The minimum absolute atomic E-state index is 0.640. The third kappa shape index (κ3) is 2.65. The largest absolute Gasteiger partial charge is 0.497 e. The van der Waals surface area contributed by atoms with Crippen LogP contribution in [0.1, 0.15) is 22.6 Å². The third-order valence-electron chi connectivity index (χ3n) is 3.76. The summed E-state index contributed by atoms with van der Waals surface area (Å²) < 4.78 is 5.26. The first-order valence-corrected chi connectivity index (χ1v) is 7.33. The second kappa shape index (κ2) is 4.94. The van der Waals surface area contributed by atoms with Crippen LogP contribution in [-0.2, 0) is 19.3 Å². The lowest BCUT2D eigenvalue weighted by atomic mass is 9.79. The quantitative estimate of drug-likeness (QED) is 0.936. The molecule has 0 radical (unpaired) electrons. The van der Waals surface area contributed by atoms with Gasteiger partial charge in [0.05, 0.1) is 17.7 Å². The van der Waals surface area contributed by atoms with Crippen LogP contribution < -0.4 is 4.74 Å². The highest BCUT2D eigenvalue weighted by Gasteiger charge is 2.33. The van der Waals surface area contributed by atoms with Crippen LogP contribution in [0.2, 0.25) is 0 Å². The summed E-state index contributed by atoms with van der Waals surface area (Å²) in [5, 5.41) is 13.7. The van der Waals surface area contributed by atoms with E-state index in [-0.39, 0.29) is 0 Å². The Morgan fingerprint density at radius 3 is 3.05 bits per heavy atom. The van der Waals surface area contributed by atoms with Crippen LogP contribution in [0.4, 0.5) is 0 Å². The highest BCUT2D eigenvalue weighted by molar-refractivity contribution is 7.09. The summed E-state index contributed by atoms with van der Waals surface area (Å²) in [6.45, 7) is 0. The summed E-state index contributed by atoms with van der Waals surface area (Å²) >= 11 is 1.61. The molecule has 1 heterocycles. The molecule has 0 fully saturated rings. The number of ether oxygens (including phenoxy) is 1. The Labute approximate surface area is 116 Å². The first-order valence-electron chi connectivity index (χ1n) is 6.45. The van der Waals surface area contributed by atoms with Gasteiger partial charge in [-0.2, -0.15) is 0 Å². The zero-order chi connectivity index (χ0) is 13.3. The van der Waals surface area contributed by atoms with E-state index in [9.17, 15) is 5.11 Å². The molecular weight excluding hydrogens is 258 g/mol. The number of nitrogens with zero attached hydrogens (tertiary/aromatic N) is 1. The Balaban J connectivity index is 1.83. The first-order chi connectivity index (χ1) is 9.18. The van der Waals surface area contributed by atoms with E-state index in [1.165, 1.54) is 11.1 Å². The van der Waals surface area contributed by atoms with Gasteiger partial charge in [0.1, 0.15) is 5.75 Å². The van der Waals surface area contributed by atoms with Crippen LogP contribution in [0.15, 0.2) is 29.8 Å². The van der Waals surface area contributed by atoms with E-state index >= 15 is 0 Å². The van der Waals surface area contributed by atoms with E-state index in [4.69, 9.17) is 4.74 Å². The molecule has 0 saturated carbocycles. The molecular formula is C15H17NO2S. The number of fused-ring (bicyclic) bond motifs is 1. The average Bonchev–Trinajstić information content (AvgIpc) is 2.90. The second-order valence-electron chi connectivity index (χ2n) is 5.14. The van der Waals surface area contributed by atoms with Crippen molar-refractivity contribution < 1.29 is 9.84 Å². The maximum absolute atomic E-state index is 10.8. The van der Waals surface area contributed by atoms with Crippen LogP contribution in [-0.4, -0.2) is 22.8 Å². The van der Waals surface area contributed by atoms with Crippen LogP contribution >= 0.6 is 11.3 Å². The van der Waals surface area contributed by atoms with E-state index in [1.807, 2.05) is 17.5 Å². The van der Waals surface area contributed by atoms with Crippen molar-refractivity contribution >= 4 is 11.3 Å².